The summed E-state index contributed by atoms with van der Waals surface area (Å²) < 4.78 is 80.3. The summed E-state index contributed by atoms with van der Waals surface area (Å²) in [6.45, 7) is 2.35. The first-order valence-corrected chi connectivity index (χ1v) is 9.62. The largest absolute Gasteiger partial charge is 0.573 e. The number of methoxy groups -OCH3 is 1. The van der Waals surface area contributed by atoms with Gasteiger partial charge in [-0.25, -0.2) is 13.6 Å². The van der Waals surface area contributed by atoms with Gasteiger partial charge in [0, 0.05) is 7.11 Å². The van der Waals surface area contributed by atoms with Gasteiger partial charge in [-0.15, -0.1) is 13.2 Å². The molecule has 32 heavy (non-hydrogen) atoms. The number of carboxylic acids is 1. The van der Waals surface area contributed by atoms with Gasteiger partial charge in [0.25, 0.3) is 0 Å². The summed E-state index contributed by atoms with van der Waals surface area (Å²) in [6.07, 6.45) is -4.76. The van der Waals surface area contributed by atoms with Crippen molar-refractivity contribution in [2.24, 2.45) is 5.92 Å². The molecule has 0 aliphatic heterocycles. The summed E-state index contributed by atoms with van der Waals surface area (Å²) in [7, 11) is 1.44. The van der Waals surface area contributed by atoms with Crippen LogP contribution in [0, 0.1) is 17.6 Å². The van der Waals surface area contributed by atoms with E-state index in [4.69, 9.17) is 14.6 Å². The van der Waals surface area contributed by atoms with E-state index in [-0.39, 0.29) is 17.6 Å². The maximum atomic E-state index is 14.5. The number of aliphatic carboxylic acids is 1. The Morgan fingerprint density at radius 1 is 1.06 bits per heavy atom. The molecule has 1 aliphatic carbocycles. The highest BCUT2D eigenvalue weighted by molar-refractivity contribution is 5.76. The van der Waals surface area contributed by atoms with Crippen molar-refractivity contribution in [1.29, 1.82) is 0 Å². The molecule has 1 saturated carbocycles. The Morgan fingerprint density at radius 3 is 2.09 bits per heavy atom. The second kappa shape index (κ2) is 8.57. The van der Waals surface area contributed by atoms with Crippen molar-refractivity contribution >= 4 is 5.97 Å². The number of hydrogen-bond donors (Lipinski definition) is 1. The molecule has 0 aromatic heterocycles. The number of carbonyl (C=O) groups is 1. The Morgan fingerprint density at radius 2 is 1.62 bits per heavy atom. The van der Waals surface area contributed by atoms with E-state index in [0.29, 0.717) is 17.5 Å². The van der Waals surface area contributed by atoms with E-state index in [1.165, 1.54) is 45.2 Å². The SMILES string of the molecule is COC(c1ccc(OC(F)(F)F)cc1)C1CC1c1cc(F)c(OC(C)(C)C(=O)O)c(F)c1. The Bertz CT molecular complexity index is 964. The standard InChI is InChI=1S/C22H21F5O5/c1-21(2,20(28)29)32-19-16(23)8-12(9-17(19)24)14-10-15(14)18(30-3)11-4-6-13(7-5-11)31-22(25,26)27/h4-9,14-15,18H,10H2,1-3H3,(H,28,29). The Hall–Kier alpha value is -2.88. The minimum Gasteiger partial charge on any atom is -0.478 e. The molecule has 174 valence electrons. The van der Waals surface area contributed by atoms with Gasteiger partial charge >= 0.3 is 12.3 Å². The van der Waals surface area contributed by atoms with E-state index in [1.54, 1.807) is 0 Å². The molecule has 3 rings (SSSR count). The number of hydrogen-bond acceptors (Lipinski definition) is 4. The molecule has 0 bridgehead atoms. The lowest BCUT2D eigenvalue weighted by Crippen LogP contribution is -2.38. The molecule has 0 radical (unpaired) electrons. The van der Waals surface area contributed by atoms with E-state index < -0.39 is 41.4 Å². The molecule has 0 spiro atoms. The number of carboxylic acid groups (broad SMARTS) is 1. The second-order valence-corrected chi connectivity index (χ2v) is 8.01. The molecular formula is C22H21F5O5. The molecule has 10 heteroatoms. The molecule has 0 amide bonds. The van der Waals surface area contributed by atoms with Gasteiger partial charge in [-0.3, -0.25) is 0 Å². The zero-order chi connectivity index (χ0) is 23.8. The first-order chi connectivity index (χ1) is 14.8. The fourth-order valence-electron chi connectivity index (χ4n) is 3.54. The van der Waals surface area contributed by atoms with E-state index in [1.807, 2.05) is 0 Å². The molecule has 2 aromatic rings. The van der Waals surface area contributed by atoms with Gasteiger partial charge in [0.15, 0.2) is 23.0 Å². The van der Waals surface area contributed by atoms with Crippen LogP contribution in [0.5, 0.6) is 11.5 Å². The number of benzene rings is 2. The predicted octanol–water partition coefficient (Wildman–Crippen LogP) is 5.60. The van der Waals surface area contributed by atoms with E-state index in [9.17, 15) is 26.7 Å². The van der Waals surface area contributed by atoms with Gasteiger partial charge in [0.2, 0.25) is 0 Å². The van der Waals surface area contributed by atoms with Crippen molar-refractivity contribution in [3.8, 4) is 11.5 Å². The maximum absolute atomic E-state index is 14.5. The smallest absolute Gasteiger partial charge is 0.478 e. The third-order valence-electron chi connectivity index (χ3n) is 5.25. The van der Waals surface area contributed by atoms with Crippen molar-refractivity contribution in [3.63, 3.8) is 0 Å². The zero-order valence-electron chi connectivity index (χ0n) is 17.4. The van der Waals surface area contributed by atoms with Gasteiger partial charge in [0.05, 0.1) is 6.10 Å². The first kappa shape index (κ1) is 23.8. The van der Waals surface area contributed by atoms with Crippen LogP contribution >= 0.6 is 0 Å². The topological polar surface area (TPSA) is 65.0 Å². The number of halogens is 5. The van der Waals surface area contributed by atoms with Crippen molar-refractivity contribution in [1.82, 2.24) is 0 Å². The summed E-state index contributed by atoms with van der Waals surface area (Å²) >= 11 is 0. The highest BCUT2D eigenvalue weighted by atomic mass is 19.4. The Kier molecular flexibility index (Phi) is 6.37. The van der Waals surface area contributed by atoms with Gasteiger partial charge in [-0.1, -0.05) is 12.1 Å². The summed E-state index contributed by atoms with van der Waals surface area (Å²) in [5.41, 5.74) is -0.878. The van der Waals surface area contributed by atoms with E-state index >= 15 is 0 Å². The molecular weight excluding hydrogens is 439 g/mol. The van der Waals surface area contributed by atoms with Gasteiger partial charge in [0.1, 0.15) is 5.75 Å². The number of alkyl halides is 3. The summed E-state index contributed by atoms with van der Waals surface area (Å²) in [4.78, 5) is 11.2. The normalized spacial score (nSPS) is 19.4. The van der Waals surface area contributed by atoms with Gasteiger partial charge < -0.3 is 19.3 Å². The minimum atomic E-state index is -4.80. The van der Waals surface area contributed by atoms with Crippen LogP contribution in [-0.2, 0) is 9.53 Å². The minimum absolute atomic E-state index is 0.157. The summed E-state index contributed by atoms with van der Waals surface area (Å²) in [5.74, 6) is -4.98. The van der Waals surface area contributed by atoms with Gasteiger partial charge in [-0.05, 0) is 67.5 Å². The third-order valence-corrected chi connectivity index (χ3v) is 5.25. The maximum Gasteiger partial charge on any atom is 0.573 e. The first-order valence-electron chi connectivity index (χ1n) is 9.62. The van der Waals surface area contributed by atoms with Crippen LogP contribution in [-0.4, -0.2) is 30.1 Å². The van der Waals surface area contributed by atoms with E-state index in [2.05, 4.69) is 4.74 Å². The van der Waals surface area contributed by atoms with Gasteiger partial charge in [-0.2, -0.15) is 0 Å². The van der Waals surface area contributed by atoms with Crippen LogP contribution in [0.4, 0.5) is 22.0 Å². The van der Waals surface area contributed by atoms with Crippen molar-refractivity contribution in [2.75, 3.05) is 7.11 Å². The lowest BCUT2D eigenvalue weighted by atomic mass is 10.0. The Balaban J connectivity index is 1.75. The molecule has 1 N–H and O–H groups in total. The summed E-state index contributed by atoms with van der Waals surface area (Å²) in [5, 5.41) is 9.09. The molecule has 2 aromatic carbocycles. The fraction of sp³-hybridized carbons (Fsp3) is 0.409. The molecule has 0 saturated heterocycles. The highest BCUT2D eigenvalue weighted by Crippen LogP contribution is 2.55. The average Bonchev–Trinajstić information content (AvgIpc) is 3.46. The fourth-order valence-corrected chi connectivity index (χ4v) is 3.54. The molecule has 1 fully saturated rings. The van der Waals surface area contributed by atoms with Crippen LogP contribution in [0.15, 0.2) is 36.4 Å². The second-order valence-electron chi connectivity index (χ2n) is 8.01. The number of ether oxygens (including phenoxy) is 3. The highest BCUT2D eigenvalue weighted by Gasteiger charge is 2.45. The quantitative estimate of drug-likeness (QED) is 0.520. The van der Waals surface area contributed by atoms with Crippen LogP contribution in [0.2, 0.25) is 0 Å². The molecule has 3 atom stereocenters. The van der Waals surface area contributed by atoms with Crippen LogP contribution < -0.4 is 9.47 Å². The Labute approximate surface area is 180 Å². The number of rotatable bonds is 8. The van der Waals surface area contributed by atoms with Crippen LogP contribution in [0.1, 0.15) is 43.4 Å². The predicted molar refractivity (Wildman–Crippen MR) is 102 cm³/mol. The van der Waals surface area contributed by atoms with E-state index in [0.717, 1.165) is 12.1 Å². The molecule has 1 aliphatic rings. The zero-order valence-corrected chi connectivity index (χ0v) is 17.4. The molecule has 5 nitrogen and oxygen atoms in total. The monoisotopic (exact) mass is 460 g/mol. The van der Waals surface area contributed by atoms with Crippen molar-refractivity contribution < 1.29 is 46.1 Å². The average molecular weight is 460 g/mol. The lowest BCUT2D eigenvalue weighted by Gasteiger charge is -2.22. The van der Waals surface area contributed by atoms with Crippen LogP contribution in [0.3, 0.4) is 0 Å². The molecule has 0 heterocycles. The lowest BCUT2D eigenvalue weighted by molar-refractivity contribution is -0.274. The van der Waals surface area contributed by atoms with Crippen LogP contribution in [0.25, 0.3) is 0 Å². The molecule has 3 unspecified atom stereocenters. The third kappa shape index (κ3) is 5.29. The summed E-state index contributed by atoms with van der Waals surface area (Å²) in [6, 6.07) is 7.40. The van der Waals surface area contributed by atoms with Crippen molar-refractivity contribution in [3.05, 3.63) is 59.2 Å². The van der Waals surface area contributed by atoms with Crippen molar-refractivity contribution in [2.45, 2.75) is 44.3 Å².